The highest BCUT2D eigenvalue weighted by Crippen LogP contribution is 2.38. The van der Waals surface area contributed by atoms with Crippen LogP contribution in [-0.2, 0) is 11.3 Å². The summed E-state index contributed by atoms with van der Waals surface area (Å²) >= 11 is 0. The molecule has 0 aliphatic heterocycles. The van der Waals surface area contributed by atoms with Crippen LogP contribution in [0.15, 0.2) is 48.5 Å². The minimum absolute atomic E-state index is 0.0653. The van der Waals surface area contributed by atoms with Crippen LogP contribution in [0.1, 0.15) is 29.3 Å². The molecule has 0 aromatic heterocycles. The van der Waals surface area contributed by atoms with Gasteiger partial charge in [0.2, 0.25) is 5.91 Å². The van der Waals surface area contributed by atoms with Crippen LogP contribution in [0.25, 0.3) is 0 Å². The number of amides is 2. The van der Waals surface area contributed by atoms with Gasteiger partial charge in [-0.15, -0.1) is 0 Å². The van der Waals surface area contributed by atoms with E-state index in [9.17, 15) is 9.59 Å². The van der Waals surface area contributed by atoms with Gasteiger partial charge in [0.25, 0.3) is 5.91 Å². The SMILES string of the molecule is CC1CC1C(=O)Nc1ccc(C(=O)NCc2cccc(N(C)C)c2)cc1. The van der Waals surface area contributed by atoms with E-state index in [4.69, 9.17) is 0 Å². The highest BCUT2D eigenvalue weighted by molar-refractivity contribution is 5.96. The number of rotatable bonds is 6. The van der Waals surface area contributed by atoms with Crippen molar-refractivity contribution in [1.82, 2.24) is 5.32 Å². The van der Waals surface area contributed by atoms with Crippen molar-refractivity contribution in [2.45, 2.75) is 19.9 Å². The lowest BCUT2D eigenvalue weighted by molar-refractivity contribution is -0.117. The number of hydrogen-bond acceptors (Lipinski definition) is 3. The van der Waals surface area contributed by atoms with E-state index >= 15 is 0 Å². The third-order valence-corrected chi connectivity index (χ3v) is 4.74. The summed E-state index contributed by atoms with van der Waals surface area (Å²) in [6.45, 7) is 2.55. The molecule has 1 saturated carbocycles. The van der Waals surface area contributed by atoms with Crippen LogP contribution < -0.4 is 15.5 Å². The Morgan fingerprint density at radius 3 is 2.42 bits per heavy atom. The van der Waals surface area contributed by atoms with Gasteiger partial charge in [-0.25, -0.2) is 0 Å². The number of nitrogens with zero attached hydrogens (tertiary/aromatic N) is 1. The Balaban J connectivity index is 1.54. The summed E-state index contributed by atoms with van der Waals surface area (Å²) in [6.07, 6.45) is 0.960. The van der Waals surface area contributed by atoms with Crippen LogP contribution in [0.5, 0.6) is 0 Å². The molecule has 0 saturated heterocycles. The van der Waals surface area contributed by atoms with Gasteiger partial charge in [-0.2, -0.15) is 0 Å². The molecule has 1 aliphatic carbocycles. The van der Waals surface area contributed by atoms with Crippen LogP contribution >= 0.6 is 0 Å². The monoisotopic (exact) mass is 351 g/mol. The maximum absolute atomic E-state index is 12.3. The molecule has 0 spiro atoms. The summed E-state index contributed by atoms with van der Waals surface area (Å²) < 4.78 is 0. The second kappa shape index (κ2) is 7.60. The minimum Gasteiger partial charge on any atom is -0.378 e. The second-order valence-electron chi connectivity index (χ2n) is 7.13. The van der Waals surface area contributed by atoms with Crippen molar-refractivity contribution >= 4 is 23.2 Å². The molecule has 2 aromatic carbocycles. The van der Waals surface area contributed by atoms with Gasteiger partial charge in [0.05, 0.1) is 0 Å². The van der Waals surface area contributed by atoms with E-state index in [-0.39, 0.29) is 17.7 Å². The zero-order valence-electron chi connectivity index (χ0n) is 15.5. The Bertz CT molecular complexity index is 799. The Hall–Kier alpha value is -2.82. The van der Waals surface area contributed by atoms with Crippen molar-refractivity contribution in [3.05, 3.63) is 59.7 Å². The largest absolute Gasteiger partial charge is 0.378 e. The van der Waals surface area contributed by atoms with Gasteiger partial charge in [-0.3, -0.25) is 9.59 Å². The number of hydrogen-bond donors (Lipinski definition) is 2. The zero-order valence-corrected chi connectivity index (χ0v) is 15.5. The van der Waals surface area contributed by atoms with Crippen molar-refractivity contribution in [1.29, 1.82) is 0 Å². The fourth-order valence-electron chi connectivity index (χ4n) is 2.86. The fraction of sp³-hybridized carbons (Fsp3) is 0.333. The van der Waals surface area contributed by atoms with Crippen LogP contribution in [0.3, 0.4) is 0 Å². The second-order valence-corrected chi connectivity index (χ2v) is 7.13. The van der Waals surface area contributed by atoms with E-state index in [0.29, 0.717) is 18.0 Å². The van der Waals surface area contributed by atoms with Crippen molar-refractivity contribution in [3.8, 4) is 0 Å². The van der Waals surface area contributed by atoms with Crippen LogP contribution in [0, 0.1) is 11.8 Å². The molecular weight excluding hydrogens is 326 g/mol. The number of benzene rings is 2. The fourth-order valence-corrected chi connectivity index (χ4v) is 2.86. The predicted molar refractivity (Wildman–Crippen MR) is 104 cm³/mol. The van der Waals surface area contributed by atoms with Crippen molar-refractivity contribution < 1.29 is 9.59 Å². The third-order valence-electron chi connectivity index (χ3n) is 4.74. The Morgan fingerprint density at radius 1 is 1.12 bits per heavy atom. The van der Waals surface area contributed by atoms with E-state index < -0.39 is 0 Å². The molecule has 1 fully saturated rings. The number of nitrogens with one attached hydrogen (secondary N) is 2. The molecule has 1 aliphatic rings. The number of carbonyl (C=O) groups is 2. The Morgan fingerprint density at radius 2 is 1.81 bits per heavy atom. The van der Waals surface area contributed by atoms with Gasteiger partial charge < -0.3 is 15.5 Å². The van der Waals surface area contributed by atoms with Crippen molar-refractivity contribution in [2.75, 3.05) is 24.3 Å². The normalized spacial score (nSPS) is 18.1. The summed E-state index contributed by atoms with van der Waals surface area (Å²) in [4.78, 5) is 26.3. The quantitative estimate of drug-likeness (QED) is 0.840. The maximum Gasteiger partial charge on any atom is 0.251 e. The molecule has 2 atom stereocenters. The molecule has 5 nitrogen and oxygen atoms in total. The van der Waals surface area contributed by atoms with Gasteiger partial charge in [0.1, 0.15) is 0 Å². The van der Waals surface area contributed by atoms with Gasteiger partial charge >= 0.3 is 0 Å². The summed E-state index contributed by atoms with van der Waals surface area (Å²) in [5, 5.41) is 5.83. The molecule has 26 heavy (non-hydrogen) atoms. The zero-order chi connectivity index (χ0) is 18.7. The first-order valence-corrected chi connectivity index (χ1v) is 8.89. The van der Waals surface area contributed by atoms with Crippen molar-refractivity contribution in [3.63, 3.8) is 0 Å². The summed E-state index contributed by atoms with van der Waals surface area (Å²) in [6, 6.07) is 15.1. The van der Waals surface area contributed by atoms with E-state index in [1.54, 1.807) is 24.3 Å². The van der Waals surface area contributed by atoms with Crippen LogP contribution in [-0.4, -0.2) is 25.9 Å². The molecular formula is C21H25N3O2. The van der Waals surface area contributed by atoms with Crippen molar-refractivity contribution in [2.24, 2.45) is 11.8 Å². The molecule has 2 N–H and O–H groups in total. The first-order chi connectivity index (χ1) is 12.4. The van der Waals surface area contributed by atoms with Crippen LogP contribution in [0.2, 0.25) is 0 Å². The molecule has 3 rings (SSSR count). The molecule has 2 unspecified atom stereocenters. The molecule has 5 heteroatoms. The third kappa shape index (κ3) is 4.42. The number of anilines is 2. The Labute approximate surface area is 154 Å². The van der Waals surface area contributed by atoms with Crippen LogP contribution in [0.4, 0.5) is 11.4 Å². The van der Waals surface area contributed by atoms with Gasteiger partial charge in [-0.05, 0) is 54.3 Å². The maximum atomic E-state index is 12.3. The topological polar surface area (TPSA) is 61.4 Å². The van der Waals surface area contributed by atoms with E-state index in [0.717, 1.165) is 23.4 Å². The average Bonchev–Trinajstić information content (AvgIpc) is 3.37. The van der Waals surface area contributed by atoms with Gasteiger partial charge in [0.15, 0.2) is 0 Å². The summed E-state index contributed by atoms with van der Waals surface area (Å²) in [5.41, 5.74) is 3.45. The smallest absolute Gasteiger partial charge is 0.251 e. The van der Waals surface area contributed by atoms with Gasteiger partial charge in [0, 0.05) is 43.5 Å². The molecule has 0 bridgehead atoms. The molecule has 2 aromatic rings. The first-order valence-electron chi connectivity index (χ1n) is 8.89. The minimum atomic E-state index is -0.131. The summed E-state index contributed by atoms with van der Waals surface area (Å²) in [7, 11) is 3.98. The standard InChI is InChI=1S/C21H25N3O2/c1-14-11-19(14)21(26)23-17-9-7-16(8-10-17)20(25)22-13-15-5-4-6-18(12-15)24(2)3/h4-10,12,14,19H,11,13H2,1-3H3,(H,22,25)(H,23,26). The van der Waals surface area contributed by atoms with E-state index in [1.165, 1.54) is 0 Å². The van der Waals surface area contributed by atoms with E-state index in [2.05, 4.69) is 23.6 Å². The lowest BCUT2D eigenvalue weighted by Gasteiger charge is -2.14. The van der Waals surface area contributed by atoms with Gasteiger partial charge in [-0.1, -0.05) is 19.1 Å². The first kappa shape index (κ1) is 18.0. The highest BCUT2D eigenvalue weighted by Gasteiger charge is 2.39. The lowest BCUT2D eigenvalue weighted by atomic mass is 10.1. The summed E-state index contributed by atoms with van der Waals surface area (Å²) in [5.74, 6) is 0.548. The average molecular weight is 351 g/mol. The molecule has 0 radical (unpaired) electrons. The van der Waals surface area contributed by atoms with E-state index in [1.807, 2.05) is 37.2 Å². The molecule has 0 heterocycles. The molecule has 136 valence electrons. The highest BCUT2D eigenvalue weighted by atomic mass is 16.2. The number of carbonyl (C=O) groups excluding carboxylic acids is 2. The lowest BCUT2D eigenvalue weighted by Crippen LogP contribution is -2.23. The predicted octanol–water partition coefficient (Wildman–Crippen LogP) is 3.28. The molecule has 2 amide bonds. The Kier molecular flexibility index (Phi) is 5.26.